The van der Waals surface area contributed by atoms with Crippen LogP contribution in [0.5, 0.6) is 17.2 Å². The van der Waals surface area contributed by atoms with Crippen molar-refractivity contribution in [2.75, 3.05) is 26.2 Å². The van der Waals surface area contributed by atoms with Crippen LogP contribution in [-0.2, 0) is 19.3 Å². The number of H-pyrrole nitrogens is 1. The summed E-state index contributed by atoms with van der Waals surface area (Å²) in [6.07, 6.45) is -8.78. The molecule has 0 bridgehead atoms. The number of benzene rings is 3. The van der Waals surface area contributed by atoms with Crippen LogP contribution in [0.25, 0.3) is 22.2 Å². The van der Waals surface area contributed by atoms with Crippen LogP contribution in [0, 0.1) is 12.7 Å². The van der Waals surface area contributed by atoms with Gasteiger partial charge in [0.2, 0.25) is 5.28 Å². The number of hydrogen-bond acceptors (Lipinski definition) is 7. The zero-order valence-corrected chi connectivity index (χ0v) is 26.6. The lowest BCUT2D eigenvalue weighted by molar-refractivity contribution is -0.137. The summed E-state index contributed by atoms with van der Waals surface area (Å²) in [5, 5.41) is -1.37. The third-order valence-electron chi connectivity index (χ3n) is 7.59. The van der Waals surface area contributed by atoms with Gasteiger partial charge in [0.15, 0.2) is 5.82 Å². The van der Waals surface area contributed by atoms with Crippen LogP contribution in [-0.4, -0.2) is 36.3 Å². The lowest BCUT2D eigenvalue weighted by Crippen LogP contribution is -2.25. The van der Waals surface area contributed by atoms with Crippen LogP contribution in [0.1, 0.15) is 34.2 Å². The van der Waals surface area contributed by atoms with Gasteiger partial charge in [-0.3, -0.25) is 9.78 Å². The van der Waals surface area contributed by atoms with E-state index in [2.05, 4.69) is 15.0 Å². The molecule has 2 aromatic heterocycles. The molecule has 0 aliphatic rings. The van der Waals surface area contributed by atoms with Gasteiger partial charge in [-0.15, -0.1) is 0 Å². The highest BCUT2D eigenvalue weighted by atomic mass is 35.5. The predicted octanol–water partition coefficient (Wildman–Crippen LogP) is 8.28. The SMILES string of the molecule is COc1ccc(CN(Cc2ccc(OC)cc2)c2cc(C)c(C(F)(F)F)c(-c3c(C(F)F)c(OC)c4c(=O)[nH]c(Cl)nc4c3F)n2)cc1. The van der Waals surface area contributed by atoms with Gasteiger partial charge < -0.3 is 19.1 Å². The number of pyridine rings is 1. The maximum absolute atomic E-state index is 16.4. The first kappa shape index (κ1) is 34.4. The van der Waals surface area contributed by atoms with Gasteiger partial charge in [-0.05, 0) is 65.5 Å². The van der Waals surface area contributed by atoms with Gasteiger partial charge >= 0.3 is 6.18 Å². The molecule has 15 heteroatoms. The van der Waals surface area contributed by atoms with E-state index in [1.165, 1.54) is 14.2 Å². The number of methoxy groups -OCH3 is 3. The summed E-state index contributed by atoms with van der Waals surface area (Å²) in [5.74, 6) is -1.47. The zero-order valence-electron chi connectivity index (χ0n) is 25.8. The minimum absolute atomic E-state index is 0.0854. The first-order valence-corrected chi connectivity index (χ1v) is 14.5. The summed E-state index contributed by atoms with van der Waals surface area (Å²) >= 11 is 5.84. The fraction of sp³-hybridized carbons (Fsp3) is 0.242. The predicted molar refractivity (Wildman–Crippen MR) is 168 cm³/mol. The molecule has 0 spiro atoms. The van der Waals surface area contributed by atoms with E-state index in [1.54, 1.807) is 53.4 Å². The Morgan fingerprint density at radius 2 is 1.44 bits per heavy atom. The number of aromatic amines is 1. The fourth-order valence-electron chi connectivity index (χ4n) is 5.43. The molecule has 0 saturated carbocycles. The molecule has 48 heavy (non-hydrogen) atoms. The molecule has 5 aromatic rings. The third kappa shape index (κ3) is 6.70. The minimum atomic E-state index is -5.17. The number of nitrogens with one attached hydrogen (secondary N) is 1. The molecule has 2 heterocycles. The number of rotatable bonds is 10. The van der Waals surface area contributed by atoms with Crippen LogP contribution in [0.15, 0.2) is 59.4 Å². The smallest absolute Gasteiger partial charge is 0.418 e. The largest absolute Gasteiger partial charge is 0.497 e. The molecule has 0 aliphatic carbocycles. The number of halogens is 7. The lowest BCUT2D eigenvalue weighted by atomic mass is 9.94. The van der Waals surface area contributed by atoms with Crippen LogP contribution < -0.4 is 24.7 Å². The Kier molecular flexibility index (Phi) is 9.76. The Morgan fingerprint density at radius 3 is 1.90 bits per heavy atom. The van der Waals surface area contributed by atoms with Gasteiger partial charge in [-0.25, -0.2) is 23.1 Å². The van der Waals surface area contributed by atoms with Crippen molar-refractivity contribution in [2.45, 2.75) is 32.6 Å². The Hall–Kier alpha value is -4.98. The van der Waals surface area contributed by atoms with Crippen LogP contribution >= 0.6 is 11.6 Å². The van der Waals surface area contributed by atoms with Gasteiger partial charge in [-0.2, -0.15) is 13.2 Å². The first-order valence-electron chi connectivity index (χ1n) is 14.1. The molecule has 0 fully saturated rings. The van der Waals surface area contributed by atoms with Gasteiger partial charge in [0, 0.05) is 13.1 Å². The molecule has 0 atom stereocenters. The Balaban J connectivity index is 1.82. The van der Waals surface area contributed by atoms with Gasteiger partial charge in [0.25, 0.3) is 12.0 Å². The first-order chi connectivity index (χ1) is 22.8. The van der Waals surface area contributed by atoms with Gasteiger partial charge in [0.05, 0.1) is 43.7 Å². The molecule has 3 aromatic carbocycles. The Morgan fingerprint density at radius 1 is 0.896 bits per heavy atom. The zero-order chi connectivity index (χ0) is 34.9. The number of aryl methyl sites for hydroxylation is 1. The van der Waals surface area contributed by atoms with Crippen LogP contribution in [0.2, 0.25) is 5.28 Å². The molecule has 0 saturated heterocycles. The van der Waals surface area contributed by atoms with Crippen molar-refractivity contribution in [3.63, 3.8) is 0 Å². The second-order valence-corrected chi connectivity index (χ2v) is 10.9. The average Bonchev–Trinajstić information content (AvgIpc) is 3.04. The number of ether oxygens (including phenoxy) is 3. The monoisotopic (exact) mass is 692 g/mol. The van der Waals surface area contributed by atoms with E-state index >= 15 is 4.39 Å². The second kappa shape index (κ2) is 13.6. The number of nitrogens with zero attached hydrogens (tertiary/aromatic N) is 3. The van der Waals surface area contributed by atoms with Crippen molar-refractivity contribution in [3.8, 4) is 28.5 Å². The Bertz CT molecular complexity index is 1970. The van der Waals surface area contributed by atoms with Crippen molar-refractivity contribution in [2.24, 2.45) is 0 Å². The molecule has 5 rings (SSSR count). The highest BCUT2D eigenvalue weighted by Crippen LogP contribution is 2.48. The molecular formula is C33H27ClF6N4O4. The van der Waals surface area contributed by atoms with E-state index in [4.69, 9.17) is 25.8 Å². The Labute approximate surface area is 274 Å². The quantitative estimate of drug-likeness (QED) is 0.116. The fourth-order valence-corrected chi connectivity index (χ4v) is 5.60. The third-order valence-corrected chi connectivity index (χ3v) is 7.77. The molecule has 0 amide bonds. The summed E-state index contributed by atoms with van der Waals surface area (Å²) < 4.78 is 106. The van der Waals surface area contributed by atoms with Crippen molar-refractivity contribution in [1.82, 2.24) is 15.0 Å². The average molecular weight is 693 g/mol. The van der Waals surface area contributed by atoms with Crippen molar-refractivity contribution in [1.29, 1.82) is 0 Å². The lowest BCUT2D eigenvalue weighted by Gasteiger charge is -2.27. The van der Waals surface area contributed by atoms with E-state index in [9.17, 15) is 26.7 Å². The van der Waals surface area contributed by atoms with Crippen molar-refractivity contribution >= 4 is 28.3 Å². The van der Waals surface area contributed by atoms with Gasteiger partial charge in [0.1, 0.15) is 34.0 Å². The molecule has 252 valence electrons. The molecular weight excluding hydrogens is 666 g/mol. The molecule has 0 aliphatic heterocycles. The van der Waals surface area contributed by atoms with Crippen molar-refractivity contribution < 1.29 is 40.6 Å². The normalized spacial score (nSPS) is 11.7. The van der Waals surface area contributed by atoms with E-state index in [-0.39, 0.29) is 18.9 Å². The second-order valence-electron chi connectivity index (χ2n) is 10.6. The molecule has 8 nitrogen and oxygen atoms in total. The maximum atomic E-state index is 16.4. The standard InChI is InChI=1S/C33H27ClF6N4O4/c1-16-13-21(44(14-17-5-9-19(46-2)10-6-17)15-18-7-11-20(47-3)12-8-18)41-27(25(16)33(38,39)40)22-23(30(36)37)29(48-4)24-28(26(22)35)42-32(34)43-31(24)45/h5-13,30H,14-15H2,1-4H3,(H,42,43,45). The number of anilines is 1. The van der Waals surface area contributed by atoms with E-state index in [0.29, 0.717) is 22.6 Å². The number of fused-ring (bicyclic) bond motifs is 1. The topological polar surface area (TPSA) is 89.6 Å². The van der Waals surface area contributed by atoms with Crippen LogP contribution in [0.3, 0.4) is 0 Å². The van der Waals surface area contributed by atoms with Gasteiger partial charge in [-0.1, -0.05) is 24.3 Å². The van der Waals surface area contributed by atoms with Crippen LogP contribution in [0.4, 0.5) is 32.2 Å². The highest BCUT2D eigenvalue weighted by molar-refractivity contribution is 6.28. The summed E-state index contributed by atoms with van der Waals surface area (Å²) in [6, 6.07) is 14.9. The summed E-state index contributed by atoms with van der Waals surface area (Å²) in [5.41, 5.74) is -6.15. The summed E-state index contributed by atoms with van der Waals surface area (Å²) in [4.78, 5) is 24.3. The van der Waals surface area contributed by atoms with Crippen molar-refractivity contribution in [3.05, 3.63) is 104 Å². The van der Waals surface area contributed by atoms with E-state index < -0.39 is 73.9 Å². The number of aromatic nitrogens is 3. The summed E-state index contributed by atoms with van der Waals surface area (Å²) in [6.45, 7) is 1.30. The summed E-state index contributed by atoms with van der Waals surface area (Å²) in [7, 11) is 3.91. The minimum Gasteiger partial charge on any atom is -0.497 e. The number of alkyl halides is 5. The number of hydrogen-bond donors (Lipinski definition) is 1. The van der Waals surface area contributed by atoms with E-state index in [0.717, 1.165) is 20.1 Å². The molecule has 0 radical (unpaired) electrons. The molecule has 1 N–H and O–H groups in total. The molecule has 0 unspecified atom stereocenters. The van der Waals surface area contributed by atoms with E-state index in [1.807, 2.05) is 0 Å². The highest BCUT2D eigenvalue weighted by Gasteiger charge is 2.41. The maximum Gasteiger partial charge on any atom is 0.418 e.